The van der Waals surface area contributed by atoms with E-state index in [0.29, 0.717) is 0 Å². The molecule has 0 spiro atoms. The van der Waals surface area contributed by atoms with Crippen LogP contribution < -0.4 is 5.32 Å². The van der Waals surface area contributed by atoms with E-state index in [0.717, 1.165) is 30.3 Å². The Kier molecular flexibility index (Phi) is 5.48. The maximum atomic E-state index is 5.66. The molecule has 0 saturated carbocycles. The maximum absolute atomic E-state index is 5.66. The van der Waals surface area contributed by atoms with E-state index in [1.165, 1.54) is 9.75 Å². The highest BCUT2D eigenvalue weighted by Gasteiger charge is 2.40. The van der Waals surface area contributed by atoms with Gasteiger partial charge >= 0.3 is 0 Å². The van der Waals surface area contributed by atoms with Gasteiger partial charge in [0.05, 0.1) is 17.8 Å². The molecule has 0 unspecified atom stereocenters. The number of hydrogen-bond acceptors (Lipinski definition) is 4. The fourth-order valence-electron chi connectivity index (χ4n) is 3.12. The topological polar surface area (TPSA) is 31.4 Å². The molecule has 2 atom stereocenters. The fraction of sp³-hybridized carbons (Fsp3) is 0.444. The molecule has 3 rings (SSSR count). The molecule has 6 heteroatoms. The summed E-state index contributed by atoms with van der Waals surface area (Å²) in [7, 11) is 4.22. The fourth-order valence-corrected chi connectivity index (χ4v) is 4.48. The molecule has 24 heavy (non-hydrogen) atoms. The van der Waals surface area contributed by atoms with Crippen molar-refractivity contribution >= 4 is 28.7 Å². The molecule has 1 fully saturated rings. The Morgan fingerprint density at radius 1 is 1.29 bits per heavy atom. The van der Waals surface area contributed by atoms with Gasteiger partial charge in [0.2, 0.25) is 0 Å². The average molecular weight is 361 g/mol. The van der Waals surface area contributed by atoms with Crippen LogP contribution >= 0.6 is 23.6 Å². The van der Waals surface area contributed by atoms with E-state index in [1.54, 1.807) is 0 Å². The van der Waals surface area contributed by atoms with E-state index in [9.17, 15) is 0 Å². The summed E-state index contributed by atoms with van der Waals surface area (Å²) < 4.78 is 0. The van der Waals surface area contributed by atoms with Gasteiger partial charge in [-0.2, -0.15) is 0 Å². The number of aromatic nitrogens is 1. The van der Waals surface area contributed by atoms with Crippen LogP contribution in [-0.2, 0) is 0 Å². The van der Waals surface area contributed by atoms with Crippen LogP contribution in [0.3, 0.4) is 0 Å². The highest BCUT2D eigenvalue weighted by atomic mass is 32.1. The summed E-state index contributed by atoms with van der Waals surface area (Å²) in [4.78, 5) is 11.8. The van der Waals surface area contributed by atoms with Crippen LogP contribution in [0.2, 0.25) is 0 Å². The molecule has 1 N–H and O–H groups in total. The van der Waals surface area contributed by atoms with Crippen molar-refractivity contribution in [1.29, 1.82) is 0 Å². The quantitative estimate of drug-likeness (QED) is 0.798. The smallest absolute Gasteiger partial charge is 0.170 e. The third-order valence-electron chi connectivity index (χ3n) is 4.25. The zero-order valence-electron chi connectivity index (χ0n) is 14.4. The van der Waals surface area contributed by atoms with Crippen LogP contribution in [0.4, 0.5) is 0 Å². The predicted octanol–water partition coefficient (Wildman–Crippen LogP) is 3.38. The van der Waals surface area contributed by atoms with Crippen LogP contribution in [0.1, 0.15) is 34.0 Å². The second-order valence-electron chi connectivity index (χ2n) is 6.43. The predicted molar refractivity (Wildman–Crippen MR) is 104 cm³/mol. The number of nitrogens with zero attached hydrogens (tertiary/aromatic N) is 3. The van der Waals surface area contributed by atoms with Gasteiger partial charge < -0.3 is 15.1 Å². The number of aryl methyl sites for hydroxylation is 1. The largest absolute Gasteiger partial charge is 0.352 e. The monoisotopic (exact) mass is 360 g/mol. The van der Waals surface area contributed by atoms with Gasteiger partial charge in [-0.1, -0.05) is 6.07 Å². The molecule has 0 amide bonds. The van der Waals surface area contributed by atoms with Crippen molar-refractivity contribution in [3.8, 4) is 0 Å². The molecule has 4 nitrogen and oxygen atoms in total. The summed E-state index contributed by atoms with van der Waals surface area (Å²) >= 11 is 7.51. The number of rotatable bonds is 6. The van der Waals surface area contributed by atoms with Crippen molar-refractivity contribution in [2.75, 3.05) is 27.2 Å². The van der Waals surface area contributed by atoms with E-state index in [4.69, 9.17) is 12.2 Å². The van der Waals surface area contributed by atoms with Crippen molar-refractivity contribution in [1.82, 2.24) is 20.1 Å². The number of hydrogen-bond donors (Lipinski definition) is 1. The lowest BCUT2D eigenvalue weighted by Gasteiger charge is -2.27. The van der Waals surface area contributed by atoms with Crippen molar-refractivity contribution in [3.63, 3.8) is 0 Å². The van der Waals surface area contributed by atoms with Gasteiger partial charge in [0, 0.05) is 22.5 Å². The molecule has 128 valence electrons. The standard InChI is InChI=1S/C18H24N4S2/c1-13-8-9-15(24-13)17-16(14-7-4-5-10-19-14)20-18(23)22(17)12-6-11-21(2)3/h4-5,7-10,16-17H,6,11-12H2,1-3H3,(H,20,23)/t16-,17-/m0/s1. The molecular weight excluding hydrogens is 336 g/mol. The third-order valence-corrected chi connectivity index (χ3v) is 5.68. The van der Waals surface area contributed by atoms with Crippen molar-refractivity contribution in [3.05, 3.63) is 52.0 Å². The Morgan fingerprint density at radius 3 is 2.75 bits per heavy atom. The van der Waals surface area contributed by atoms with Crippen molar-refractivity contribution in [2.45, 2.75) is 25.4 Å². The van der Waals surface area contributed by atoms with Gasteiger partial charge in [-0.15, -0.1) is 11.3 Å². The highest BCUT2D eigenvalue weighted by molar-refractivity contribution is 7.80. The second-order valence-corrected chi connectivity index (χ2v) is 8.13. The first kappa shape index (κ1) is 17.3. The summed E-state index contributed by atoms with van der Waals surface area (Å²) in [6, 6.07) is 10.8. The molecule has 3 heterocycles. The zero-order valence-corrected chi connectivity index (χ0v) is 16.0. The summed E-state index contributed by atoms with van der Waals surface area (Å²) in [5, 5.41) is 4.34. The Balaban J connectivity index is 1.88. The van der Waals surface area contributed by atoms with Crippen molar-refractivity contribution in [2.24, 2.45) is 0 Å². The second kappa shape index (κ2) is 7.59. The molecule has 1 aliphatic heterocycles. The summed E-state index contributed by atoms with van der Waals surface area (Å²) in [6.07, 6.45) is 2.94. The highest BCUT2D eigenvalue weighted by Crippen LogP contribution is 2.41. The van der Waals surface area contributed by atoms with E-state index < -0.39 is 0 Å². The molecule has 2 aromatic heterocycles. The molecule has 1 saturated heterocycles. The Morgan fingerprint density at radius 2 is 2.12 bits per heavy atom. The molecule has 1 aliphatic rings. The lowest BCUT2D eigenvalue weighted by Crippen LogP contribution is -2.32. The minimum atomic E-state index is 0.108. The summed E-state index contributed by atoms with van der Waals surface area (Å²) in [5.74, 6) is 0. The van der Waals surface area contributed by atoms with Gasteiger partial charge in [0.1, 0.15) is 0 Å². The van der Waals surface area contributed by atoms with Crippen LogP contribution in [0, 0.1) is 6.92 Å². The average Bonchev–Trinajstić information content (AvgIpc) is 3.12. The molecule has 0 bridgehead atoms. The molecule has 0 aliphatic carbocycles. The number of thiocarbonyl (C=S) groups is 1. The lowest BCUT2D eigenvalue weighted by molar-refractivity contribution is 0.296. The minimum absolute atomic E-state index is 0.108. The van der Waals surface area contributed by atoms with Crippen LogP contribution in [0.5, 0.6) is 0 Å². The number of nitrogens with one attached hydrogen (secondary N) is 1. The summed E-state index contributed by atoms with van der Waals surface area (Å²) in [5.41, 5.74) is 1.05. The molecule has 2 aromatic rings. The first-order valence-corrected chi connectivity index (χ1v) is 9.48. The molecule has 0 aromatic carbocycles. The first-order valence-electron chi connectivity index (χ1n) is 8.25. The van der Waals surface area contributed by atoms with E-state index in [-0.39, 0.29) is 12.1 Å². The lowest BCUT2D eigenvalue weighted by atomic mass is 10.0. The molecule has 0 radical (unpaired) electrons. The van der Waals surface area contributed by atoms with Crippen LogP contribution in [0.15, 0.2) is 36.5 Å². The zero-order chi connectivity index (χ0) is 17.1. The van der Waals surface area contributed by atoms with Gasteiger partial charge in [-0.3, -0.25) is 4.98 Å². The first-order chi connectivity index (χ1) is 11.6. The minimum Gasteiger partial charge on any atom is -0.352 e. The van der Waals surface area contributed by atoms with Gasteiger partial charge in [-0.25, -0.2) is 0 Å². The van der Waals surface area contributed by atoms with Crippen LogP contribution in [0.25, 0.3) is 0 Å². The third kappa shape index (κ3) is 3.77. The summed E-state index contributed by atoms with van der Waals surface area (Å²) in [6.45, 7) is 4.17. The Hall–Kier alpha value is -1.50. The van der Waals surface area contributed by atoms with E-state index >= 15 is 0 Å². The normalized spacial score (nSPS) is 20.7. The SMILES string of the molecule is Cc1ccc([C@H]2[C@H](c3ccccn3)NC(=S)N2CCCN(C)C)s1. The molecular formula is C18H24N4S2. The maximum Gasteiger partial charge on any atom is 0.170 e. The Labute approximate surface area is 153 Å². The van der Waals surface area contributed by atoms with Gasteiger partial charge in [0.25, 0.3) is 0 Å². The van der Waals surface area contributed by atoms with E-state index in [1.807, 2.05) is 29.7 Å². The van der Waals surface area contributed by atoms with Crippen molar-refractivity contribution < 1.29 is 0 Å². The van der Waals surface area contributed by atoms with Gasteiger partial charge in [0.15, 0.2) is 5.11 Å². The van der Waals surface area contributed by atoms with Crippen LogP contribution in [-0.4, -0.2) is 47.1 Å². The number of pyridine rings is 1. The number of thiophene rings is 1. The Bertz CT molecular complexity index is 683. The van der Waals surface area contributed by atoms with Gasteiger partial charge in [-0.05, 0) is 70.5 Å². The van der Waals surface area contributed by atoms with E-state index in [2.05, 4.69) is 59.3 Å².